The molecule has 0 aromatic carbocycles. The molecule has 5 nitrogen and oxygen atoms in total. The zero-order chi connectivity index (χ0) is 14.1. The Labute approximate surface area is 120 Å². The van der Waals surface area contributed by atoms with Crippen LogP contribution >= 0.6 is 27.3 Å². The molecule has 1 aromatic rings. The van der Waals surface area contributed by atoms with Crippen LogP contribution in [0.2, 0.25) is 0 Å². The smallest absolute Gasteiger partial charge is 0.229 e. The van der Waals surface area contributed by atoms with Crippen molar-refractivity contribution in [3.05, 3.63) is 15.4 Å². The number of hydrogen-bond donors (Lipinski definition) is 0. The van der Waals surface area contributed by atoms with Crippen LogP contribution in [0.5, 0.6) is 0 Å². The van der Waals surface area contributed by atoms with E-state index in [9.17, 15) is 16.8 Å². The van der Waals surface area contributed by atoms with E-state index in [0.29, 0.717) is 0 Å². The molecule has 9 heteroatoms. The Kier molecular flexibility index (Phi) is 4.99. The number of halogens is 1. The molecule has 18 heavy (non-hydrogen) atoms. The minimum atomic E-state index is -3.61. The number of aryl methyl sites for hydroxylation is 1. The molecule has 0 unspecified atom stereocenters. The van der Waals surface area contributed by atoms with Crippen LogP contribution < -0.4 is 0 Å². The van der Waals surface area contributed by atoms with E-state index in [-0.39, 0.29) is 16.5 Å². The van der Waals surface area contributed by atoms with Crippen molar-refractivity contribution < 1.29 is 16.8 Å². The summed E-state index contributed by atoms with van der Waals surface area (Å²) in [4.78, 5) is 0. The van der Waals surface area contributed by atoms with Gasteiger partial charge in [0.15, 0.2) is 0 Å². The van der Waals surface area contributed by atoms with E-state index in [1.165, 1.54) is 7.05 Å². The van der Waals surface area contributed by atoms with E-state index >= 15 is 0 Å². The largest absolute Gasteiger partial charge is 0.252 e. The van der Waals surface area contributed by atoms with Gasteiger partial charge >= 0.3 is 0 Å². The maximum absolute atomic E-state index is 12.1. The zero-order valence-corrected chi connectivity index (χ0v) is 14.2. The summed E-state index contributed by atoms with van der Waals surface area (Å²) in [6.45, 7) is 1.76. The summed E-state index contributed by atoms with van der Waals surface area (Å²) in [7, 11) is -5.40. The summed E-state index contributed by atoms with van der Waals surface area (Å²) in [6, 6.07) is 1.57. The molecule has 0 radical (unpaired) electrons. The second-order valence-corrected chi connectivity index (χ2v) is 10.9. The van der Waals surface area contributed by atoms with Crippen molar-refractivity contribution in [2.45, 2.75) is 11.1 Å². The average Bonchev–Trinajstić information content (AvgIpc) is 2.55. The van der Waals surface area contributed by atoms with E-state index in [1.807, 2.05) is 0 Å². The average molecular weight is 376 g/mol. The molecule has 0 aliphatic heterocycles. The van der Waals surface area contributed by atoms with E-state index in [4.69, 9.17) is 0 Å². The molecule has 1 rings (SSSR count). The molecule has 0 saturated heterocycles. The molecule has 1 aromatic heterocycles. The summed E-state index contributed by atoms with van der Waals surface area (Å²) in [5.41, 5.74) is 0.843. The van der Waals surface area contributed by atoms with Crippen molar-refractivity contribution >= 4 is 47.1 Å². The van der Waals surface area contributed by atoms with Gasteiger partial charge in [-0.3, -0.25) is 0 Å². The SMILES string of the molecule is Cc1cc(S(=O)(=O)N(C)CCS(C)(=O)=O)sc1Br. The lowest BCUT2D eigenvalue weighted by Gasteiger charge is -2.15. The van der Waals surface area contributed by atoms with Gasteiger partial charge in [0, 0.05) is 19.8 Å². The van der Waals surface area contributed by atoms with Crippen LogP contribution in [0.1, 0.15) is 5.56 Å². The number of hydrogen-bond acceptors (Lipinski definition) is 5. The van der Waals surface area contributed by atoms with Crippen LogP contribution in [0.3, 0.4) is 0 Å². The first kappa shape index (κ1) is 16.1. The van der Waals surface area contributed by atoms with E-state index in [2.05, 4.69) is 15.9 Å². The van der Waals surface area contributed by atoms with Gasteiger partial charge in [-0.1, -0.05) is 0 Å². The van der Waals surface area contributed by atoms with Gasteiger partial charge in [0.1, 0.15) is 14.0 Å². The minimum absolute atomic E-state index is 0.0459. The van der Waals surface area contributed by atoms with E-state index < -0.39 is 19.9 Å². The van der Waals surface area contributed by atoms with Crippen LogP contribution in [-0.4, -0.2) is 46.7 Å². The third-order valence-electron chi connectivity index (χ3n) is 2.28. The Bertz CT molecular complexity index is 613. The molecule has 104 valence electrons. The monoisotopic (exact) mass is 375 g/mol. The highest BCUT2D eigenvalue weighted by atomic mass is 79.9. The van der Waals surface area contributed by atoms with Crippen molar-refractivity contribution in [1.29, 1.82) is 0 Å². The van der Waals surface area contributed by atoms with Gasteiger partial charge in [-0.2, -0.15) is 4.31 Å². The standard InChI is InChI=1S/C9H14BrNO4S3/c1-7-6-8(16-9(7)10)18(14,15)11(2)4-5-17(3,12)13/h6H,4-5H2,1-3H3. The molecule has 0 spiro atoms. The quantitative estimate of drug-likeness (QED) is 0.781. The van der Waals surface area contributed by atoms with Gasteiger partial charge in [0.2, 0.25) is 0 Å². The van der Waals surface area contributed by atoms with Crippen LogP contribution in [0.15, 0.2) is 14.1 Å². The number of sulfone groups is 1. The predicted octanol–water partition coefficient (Wildman–Crippen LogP) is 1.48. The van der Waals surface area contributed by atoms with Crippen molar-refractivity contribution in [3.63, 3.8) is 0 Å². The second kappa shape index (κ2) is 5.58. The van der Waals surface area contributed by atoms with Gasteiger partial charge in [0.05, 0.1) is 9.54 Å². The van der Waals surface area contributed by atoms with Crippen LogP contribution in [0.4, 0.5) is 0 Å². The fraction of sp³-hybridized carbons (Fsp3) is 0.556. The highest BCUT2D eigenvalue weighted by Crippen LogP contribution is 2.31. The molecule has 0 saturated carbocycles. The fourth-order valence-corrected chi connectivity index (χ4v) is 5.46. The molecule has 0 amide bonds. The van der Waals surface area contributed by atoms with Gasteiger partial charge < -0.3 is 0 Å². The molecule has 0 aliphatic rings. The predicted molar refractivity (Wildman–Crippen MR) is 76.3 cm³/mol. The minimum Gasteiger partial charge on any atom is -0.229 e. The molecule has 0 atom stereocenters. The van der Waals surface area contributed by atoms with Gasteiger partial charge in [-0.05, 0) is 34.5 Å². The molecule has 0 bridgehead atoms. The first-order valence-corrected chi connectivity index (χ1v) is 10.0. The summed E-state index contributed by atoms with van der Waals surface area (Å²) in [6.07, 6.45) is 1.08. The third kappa shape index (κ3) is 4.02. The number of sulfonamides is 1. The van der Waals surface area contributed by atoms with Crippen molar-refractivity contribution in [2.75, 3.05) is 25.6 Å². The first-order chi connectivity index (χ1) is 8.04. The summed E-state index contributed by atoms with van der Waals surface area (Å²) in [5.74, 6) is -0.186. The molecular weight excluding hydrogens is 362 g/mol. The second-order valence-electron chi connectivity index (χ2n) is 3.98. The van der Waals surface area contributed by atoms with E-state index in [1.54, 1.807) is 13.0 Å². The Balaban J connectivity index is 2.93. The lowest BCUT2D eigenvalue weighted by atomic mass is 10.4. The van der Waals surface area contributed by atoms with Crippen LogP contribution in [0.25, 0.3) is 0 Å². The molecule has 0 aliphatic carbocycles. The summed E-state index contributed by atoms with van der Waals surface area (Å²) in [5, 5.41) is 0. The van der Waals surface area contributed by atoms with Crippen LogP contribution in [0, 0.1) is 6.92 Å². The maximum Gasteiger partial charge on any atom is 0.252 e. The number of thiophene rings is 1. The molecule has 0 fully saturated rings. The van der Waals surface area contributed by atoms with Crippen molar-refractivity contribution in [2.24, 2.45) is 0 Å². The Hall–Kier alpha value is 0.0400. The molecular formula is C9H14BrNO4S3. The topological polar surface area (TPSA) is 71.5 Å². The lowest BCUT2D eigenvalue weighted by Crippen LogP contribution is -2.31. The van der Waals surface area contributed by atoms with Gasteiger partial charge in [-0.25, -0.2) is 16.8 Å². The first-order valence-electron chi connectivity index (χ1n) is 4.94. The molecule has 1 heterocycles. The number of nitrogens with zero attached hydrogens (tertiary/aromatic N) is 1. The van der Waals surface area contributed by atoms with Gasteiger partial charge in [-0.15, -0.1) is 11.3 Å². The highest BCUT2D eigenvalue weighted by Gasteiger charge is 2.24. The Morgan fingerprint density at radius 1 is 1.33 bits per heavy atom. The Morgan fingerprint density at radius 2 is 1.89 bits per heavy atom. The lowest BCUT2D eigenvalue weighted by molar-refractivity contribution is 0.486. The maximum atomic E-state index is 12.1. The van der Waals surface area contributed by atoms with Crippen molar-refractivity contribution in [3.8, 4) is 0 Å². The van der Waals surface area contributed by atoms with E-state index in [0.717, 1.165) is 31.2 Å². The third-order valence-corrected chi connectivity index (χ3v) is 7.64. The highest BCUT2D eigenvalue weighted by molar-refractivity contribution is 9.11. The Morgan fingerprint density at radius 3 is 2.28 bits per heavy atom. The number of rotatable bonds is 5. The molecule has 0 N–H and O–H groups in total. The van der Waals surface area contributed by atoms with Gasteiger partial charge in [0.25, 0.3) is 10.0 Å². The van der Waals surface area contributed by atoms with Crippen molar-refractivity contribution in [1.82, 2.24) is 4.31 Å². The fourth-order valence-electron chi connectivity index (χ4n) is 1.13. The zero-order valence-electron chi connectivity index (χ0n) is 10.2. The summed E-state index contributed by atoms with van der Waals surface area (Å²) >= 11 is 4.39. The summed E-state index contributed by atoms with van der Waals surface area (Å²) < 4.78 is 48.4. The van der Waals surface area contributed by atoms with Crippen LogP contribution in [-0.2, 0) is 19.9 Å². The normalized spacial score (nSPS) is 13.2.